The first kappa shape index (κ1) is 29.6. The number of likely N-dealkylation sites (tertiary alicyclic amines) is 1. The van der Waals surface area contributed by atoms with E-state index in [9.17, 15) is 23.1 Å². The van der Waals surface area contributed by atoms with Crippen molar-refractivity contribution in [2.75, 3.05) is 25.1 Å². The number of carbonyl (C=O) groups excluding carboxylic acids is 1. The Hall–Kier alpha value is -3.34. The van der Waals surface area contributed by atoms with Crippen LogP contribution in [0.2, 0.25) is 5.04 Å². The van der Waals surface area contributed by atoms with E-state index in [0.29, 0.717) is 12.1 Å². The standard InChI is InChI=1S/C30H35F3N2O4Si/c1-29(2,3)40(26-10-6-4-7-11-26,27-12-8-5-9-13-27)39-25-18-23(20-36)35(19-25)28(37)34-22-14-16-24(17-15-22)38-21-30(31,32)33/h4-17,23,25,36H,18-21H2,1-3H3,(H,34,37)/t23-,25+/m1/s1. The molecule has 40 heavy (non-hydrogen) atoms. The molecule has 0 bridgehead atoms. The average Bonchev–Trinajstić information content (AvgIpc) is 3.34. The molecule has 2 amide bonds. The van der Waals surface area contributed by atoms with Gasteiger partial charge in [-0.25, -0.2) is 4.79 Å². The molecule has 6 nitrogen and oxygen atoms in total. The number of amides is 2. The molecule has 2 N–H and O–H groups in total. The zero-order valence-corrected chi connectivity index (χ0v) is 23.8. The third-order valence-corrected chi connectivity index (χ3v) is 12.2. The first-order valence-corrected chi connectivity index (χ1v) is 15.1. The second-order valence-corrected chi connectivity index (χ2v) is 15.2. The van der Waals surface area contributed by atoms with Crippen molar-refractivity contribution in [3.05, 3.63) is 84.9 Å². The molecular formula is C30H35F3N2O4Si. The van der Waals surface area contributed by atoms with Crippen LogP contribution in [0, 0.1) is 0 Å². The van der Waals surface area contributed by atoms with Gasteiger partial charge in [-0.3, -0.25) is 0 Å². The fraction of sp³-hybridized carbons (Fsp3) is 0.367. The summed E-state index contributed by atoms with van der Waals surface area (Å²) in [6.07, 6.45) is -4.28. The summed E-state index contributed by atoms with van der Waals surface area (Å²) in [6, 6.07) is 25.3. The number of anilines is 1. The van der Waals surface area contributed by atoms with Crippen LogP contribution in [0.1, 0.15) is 27.2 Å². The van der Waals surface area contributed by atoms with E-state index < -0.39 is 33.2 Å². The van der Waals surface area contributed by atoms with Gasteiger partial charge in [0, 0.05) is 12.2 Å². The van der Waals surface area contributed by atoms with Gasteiger partial charge in [-0.15, -0.1) is 0 Å². The Morgan fingerprint density at radius 2 is 1.50 bits per heavy atom. The number of benzene rings is 3. The van der Waals surface area contributed by atoms with Crippen molar-refractivity contribution < 1.29 is 32.2 Å². The highest BCUT2D eigenvalue weighted by molar-refractivity contribution is 6.99. The smallest absolute Gasteiger partial charge is 0.422 e. The molecule has 0 radical (unpaired) electrons. The maximum absolute atomic E-state index is 13.3. The van der Waals surface area contributed by atoms with E-state index in [-0.39, 0.29) is 30.0 Å². The molecule has 10 heteroatoms. The summed E-state index contributed by atoms with van der Waals surface area (Å²) in [6.45, 7) is 5.22. The summed E-state index contributed by atoms with van der Waals surface area (Å²) < 4.78 is 49.1. The molecule has 3 aromatic carbocycles. The maximum Gasteiger partial charge on any atom is 0.422 e. The molecule has 1 aliphatic heterocycles. The number of alkyl halides is 3. The van der Waals surface area contributed by atoms with Gasteiger partial charge in [0.05, 0.1) is 18.8 Å². The fourth-order valence-corrected chi connectivity index (χ4v) is 10.0. The van der Waals surface area contributed by atoms with Gasteiger partial charge in [0.1, 0.15) is 5.75 Å². The number of hydrogen-bond donors (Lipinski definition) is 2. The van der Waals surface area contributed by atoms with Crippen molar-refractivity contribution in [2.45, 2.75) is 50.6 Å². The van der Waals surface area contributed by atoms with Crippen LogP contribution in [0.3, 0.4) is 0 Å². The molecule has 0 spiro atoms. The molecule has 0 saturated carbocycles. The number of aliphatic hydroxyl groups is 1. The lowest BCUT2D eigenvalue weighted by molar-refractivity contribution is -0.153. The zero-order valence-electron chi connectivity index (χ0n) is 22.8. The van der Waals surface area contributed by atoms with Gasteiger partial charge in [-0.2, -0.15) is 13.2 Å². The Morgan fingerprint density at radius 1 is 0.950 bits per heavy atom. The predicted molar refractivity (Wildman–Crippen MR) is 152 cm³/mol. The van der Waals surface area contributed by atoms with E-state index in [0.717, 1.165) is 10.4 Å². The number of ether oxygens (including phenoxy) is 1. The lowest BCUT2D eigenvalue weighted by Gasteiger charge is -2.44. The Kier molecular flexibility index (Phi) is 8.92. The number of nitrogens with one attached hydrogen (secondary N) is 1. The summed E-state index contributed by atoms with van der Waals surface area (Å²) in [5, 5.41) is 14.9. The topological polar surface area (TPSA) is 71.0 Å². The van der Waals surface area contributed by atoms with E-state index in [2.05, 4.69) is 50.4 Å². The molecule has 1 fully saturated rings. The SMILES string of the molecule is CC(C)(C)[Si](O[C@H]1C[C@H](CO)N(C(=O)Nc2ccc(OCC(F)(F)F)cc2)C1)(c1ccccc1)c1ccccc1. The van der Waals surface area contributed by atoms with Crippen molar-refractivity contribution >= 4 is 30.4 Å². The highest BCUT2D eigenvalue weighted by atomic mass is 28.4. The molecule has 0 aromatic heterocycles. The third-order valence-electron chi connectivity index (χ3n) is 7.12. The molecule has 1 saturated heterocycles. The lowest BCUT2D eigenvalue weighted by Crippen LogP contribution is -2.67. The van der Waals surface area contributed by atoms with Crippen LogP contribution in [0.4, 0.5) is 23.7 Å². The normalized spacial score (nSPS) is 18.0. The van der Waals surface area contributed by atoms with Gasteiger partial charge in [0.25, 0.3) is 8.32 Å². The highest BCUT2D eigenvalue weighted by Gasteiger charge is 2.53. The second-order valence-electron chi connectivity index (χ2n) is 11.0. The first-order chi connectivity index (χ1) is 18.9. The number of nitrogens with zero attached hydrogens (tertiary/aromatic N) is 1. The van der Waals surface area contributed by atoms with Gasteiger partial charge in [0.15, 0.2) is 6.61 Å². The van der Waals surface area contributed by atoms with Crippen molar-refractivity contribution in [3.63, 3.8) is 0 Å². The van der Waals surface area contributed by atoms with Crippen LogP contribution in [-0.2, 0) is 4.43 Å². The van der Waals surface area contributed by atoms with Crippen LogP contribution in [0.25, 0.3) is 0 Å². The summed E-state index contributed by atoms with van der Waals surface area (Å²) in [7, 11) is -2.86. The average molecular weight is 573 g/mol. The Labute approximate surface area is 233 Å². The van der Waals surface area contributed by atoms with Crippen molar-refractivity contribution in [3.8, 4) is 5.75 Å². The van der Waals surface area contributed by atoms with E-state index in [1.165, 1.54) is 24.3 Å². The highest BCUT2D eigenvalue weighted by Crippen LogP contribution is 2.39. The molecular weight excluding hydrogens is 537 g/mol. The second kappa shape index (κ2) is 12.0. The fourth-order valence-electron chi connectivity index (χ4n) is 5.32. The molecule has 3 aromatic rings. The Morgan fingerprint density at radius 3 is 1.98 bits per heavy atom. The van der Waals surface area contributed by atoms with Crippen molar-refractivity contribution in [1.29, 1.82) is 0 Å². The Bertz CT molecular complexity index is 1210. The molecule has 1 aliphatic rings. The van der Waals surface area contributed by atoms with Gasteiger partial charge >= 0.3 is 12.2 Å². The van der Waals surface area contributed by atoms with Gasteiger partial charge in [-0.1, -0.05) is 81.4 Å². The van der Waals surface area contributed by atoms with E-state index >= 15 is 0 Å². The van der Waals surface area contributed by atoms with E-state index in [1.807, 2.05) is 36.4 Å². The van der Waals surface area contributed by atoms with Crippen LogP contribution in [-0.4, -0.2) is 62.4 Å². The molecule has 214 valence electrons. The van der Waals surface area contributed by atoms with Gasteiger partial charge in [-0.05, 0) is 46.1 Å². The molecule has 0 unspecified atom stereocenters. The number of urea groups is 1. The van der Waals surface area contributed by atoms with Crippen LogP contribution < -0.4 is 20.4 Å². The van der Waals surface area contributed by atoms with E-state index in [4.69, 9.17) is 9.16 Å². The summed E-state index contributed by atoms with van der Waals surface area (Å²) in [5.41, 5.74) is 0.400. The molecule has 2 atom stereocenters. The largest absolute Gasteiger partial charge is 0.484 e. The van der Waals surface area contributed by atoms with Crippen LogP contribution >= 0.6 is 0 Å². The van der Waals surface area contributed by atoms with Crippen molar-refractivity contribution in [2.24, 2.45) is 0 Å². The summed E-state index contributed by atoms with van der Waals surface area (Å²) in [5.74, 6) is 0.0449. The predicted octanol–water partition coefficient (Wildman–Crippen LogP) is 5.17. The summed E-state index contributed by atoms with van der Waals surface area (Å²) in [4.78, 5) is 14.8. The molecule has 0 aliphatic carbocycles. The minimum atomic E-state index is -4.44. The number of carbonyl (C=O) groups is 1. The number of hydrogen-bond acceptors (Lipinski definition) is 4. The minimum absolute atomic E-state index is 0.0449. The minimum Gasteiger partial charge on any atom is -0.484 e. The van der Waals surface area contributed by atoms with Crippen LogP contribution in [0.15, 0.2) is 84.9 Å². The maximum atomic E-state index is 13.3. The van der Waals surface area contributed by atoms with Gasteiger partial charge < -0.3 is 24.5 Å². The number of aliphatic hydroxyl groups excluding tert-OH is 1. The molecule has 4 rings (SSSR count). The van der Waals surface area contributed by atoms with Crippen molar-refractivity contribution in [1.82, 2.24) is 4.90 Å². The zero-order chi connectivity index (χ0) is 29.0. The van der Waals surface area contributed by atoms with Crippen LogP contribution in [0.5, 0.6) is 5.75 Å². The first-order valence-electron chi connectivity index (χ1n) is 13.2. The number of halogens is 3. The van der Waals surface area contributed by atoms with Gasteiger partial charge in [0.2, 0.25) is 0 Å². The lowest BCUT2D eigenvalue weighted by atomic mass is 10.2. The quantitative estimate of drug-likeness (QED) is 0.366. The third kappa shape index (κ3) is 6.68. The molecule has 1 heterocycles. The number of rotatable bonds is 8. The van der Waals surface area contributed by atoms with E-state index in [1.54, 1.807) is 4.90 Å². The summed E-state index contributed by atoms with van der Waals surface area (Å²) >= 11 is 0. The monoisotopic (exact) mass is 572 g/mol. The Balaban J connectivity index is 1.54.